The molecule has 0 aliphatic carbocycles. The summed E-state index contributed by atoms with van der Waals surface area (Å²) in [4.78, 5) is 27.4. The molecule has 1 atom stereocenters. The van der Waals surface area contributed by atoms with Gasteiger partial charge >= 0.3 is 0 Å². The zero-order chi connectivity index (χ0) is 24.1. The molecule has 2 aromatic rings. The third-order valence-electron chi connectivity index (χ3n) is 4.84. The highest BCUT2D eigenvalue weighted by atomic mass is 35.5. The summed E-state index contributed by atoms with van der Waals surface area (Å²) in [6.45, 7) is 6.85. The van der Waals surface area contributed by atoms with E-state index < -0.39 is 28.5 Å². The van der Waals surface area contributed by atoms with Crippen LogP contribution in [0.25, 0.3) is 0 Å². The molecule has 0 bridgehead atoms. The normalized spacial score (nSPS) is 12.3. The predicted molar refractivity (Wildman–Crippen MR) is 128 cm³/mol. The monoisotopic (exact) mass is 479 g/mol. The molecule has 7 nitrogen and oxygen atoms in total. The van der Waals surface area contributed by atoms with Crippen LogP contribution in [0, 0.1) is 6.92 Å². The molecule has 9 heteroatoms. The number of hydrogen-bond acceptors (Lipinski definition) is 4. The molecule has 0 saturated carbocycles. The molecular formula is C23H30ClN3O4S. The fraction of sp³-hybridized carbons (Fsp3) is 0.391. The Balaban J connectivity index is 2.38. The van der Waals surface area contributed by atoms with Crippen molar-refractivity contribution in [2.24, 2.45) is 0 Å². The minimum Gasteiger partial charge on any atom is -0.352 e. The van der Waals surface area contributed by atoms with E-state index >= 15 is 0 Å². The number of sulfonamides is 1. The van der Waals surface area contributed by atoms with E-state index in [9.17, 15) is 18.0 Å². The number of amides is 2. The second kappa shape index (κ2) is 10.8. The van der Waals surface area contributed by atoms with Gasteiger partial charge in [-0.25, -0.2) is 8.42 Å². The number of nitrogens with zero attached hydrogens (tertiary/aromatic N) is 2. The Morgan fingerprint density at radius 3 is 2.22 bits per heavy atom. The van der Waals surface area contributed by atoms with Gasteiger partial charge in [0.1, 0.15) is 12.6 Å². The maximum Gasteiger partial charge on any atom is 0.244 e. The van der Waals surface area contributed by atoms with Crippen LogP contribution in [0.3, 0.4) is 0 Å². The number of carbonyl (C=O) groups excluding carboxylic acids is 2. The van der Waals surface area contributed by atoms with Crippen molar-refractivity contribution in [2.75, 3.05) is 17.1 Å². The fourth-order valence-electron chi connectivity index (χ4n) is 3.14. The molecule has 174 valence electrons. The maximum atomic E-state index is 13.4. The lowest BCUT2D eigenvalue weighted by Gasteiger charge is -2.32. The number of carbonyl (C=O) groups is 2. The van der Waals surface area contributed by atoms with Gasteiger partial charge in [-0.1, -0.05) is 41.4 Å². The highest BCUT2D eigenvalue weighted by Crippen LogP contribution is 2.20. The molecule has 0 saturated heterocycles. The van der Waals surface area contributed by atoms with Gasteiger partial charge in [-0.3, -0.25) is 13.9 Å². The Labute approximate surface area is 195 Å². The van der Waals surface area contributed by atoms with Crippen molar-refractivity contribution in [3.63, 3.8) is 0 Å². The highest BCUT2D eigenvalue weighted by molar-refractivity contribution is 7.92. The van der Waals surface area contributed by atoms with Crippen molar-refractivity contribution in [1.29, 1.82) is 0 Å². The molecule has 1 unspecified atom stereocenters. The molecule has 2 aromatic carbocycles. The van der Waals surface area contributed by atoms with Gasteiger partial charge in [0.2, 0.25) is 21.8 Å². The van der Waals surface area contributed by atoms with E-state index in [1.54, 1.807) is 55.5 Å². The van der Waals surface area contributed by atoms with Crippen LogP contribution < -0.4 is 9.62 Å². The van der Waals surface area contributed by atoms with Gasteiger partial charge in [0, 0.05) is 17.6 Å². The first kappa shape index (κ1) is 25.7. The first-order valence-corrected chi connectivity index (χ1v) is 12.5. The van der Waals surface area contributed by atoms with Crippen LogP contribution in [0.15, 0.2) is 48.5 Å². The van der Waals surface area contributed by atoms with Gasteiger partial charge in [0.05, 0.1) is 11.9 Å². The van der Waals surface area contributed by atoms with Crippen LogP contribution in [0.1, 0.15) is 31.9 Å². The quantitative estimate of drug-likeness (QED) is 0.597. The van der Waals surface area contributed by atoms with Crippen molar-refractivity contribution < 1.29 is 18.0 Å². The number of hydrogen-bond donors (Lipinski definition) is 1. The Morgan fingerprint density at radius 2 is 1.69 bits per heavy atom. The summed E-state index contributed by atoms with van der Waals surface area (Å²) in [7, 11) is -3.74. The van der Waals surface area contributed by atoms with E-state index in [0.29, 0.717) is 10.7 Å². The number of halogens is 1. The Bertz CT molecular complexity index is 1060. The summed E-state index contributed by atoms with van der Waals surface area (Å²) in [5.41, 5.74) is 2.08. The molecule has 0 radical (unpaired) electrons. The van der Waals surface area contributed by atoms with Gasteiger partial charge < -0.3 is 10.2 Å². The lowest BCUT2D eigenvalue weighted by molar-refractivity contribution is -0.139. The van der Waals surface area contributed by atoms with E-state index in [4.69, 9.17) is 11.6 Å². The number of rotatable bonds is 9. The third kappa shape index (κ3) is 7.24. The van der Waals surface area contributed by atoms with E-state index in [2.05, 4.69) is 5.32 Å². The summed E-state index contributed by atoms with van der Waals surface area (Å²) in [5.74, 6) is -0.820. The summed E-state index contributed by atoms with van der Waals surface area (Å²) in [5, 5.41) is 3.31. The topological polar surface area (TPSA) is 86.8 Å². The molecule has 0 fully saturated rings. The van der Waals surface area contributed by atoms with Crippen molar-refractivity contribution in [3.05, 3.63) is 64.7 Å². The molecule has 32 heavy (non-hydrogen) atoms. The van der Waals surface area contributed by atoms with Crippen LogP contribution in [0.2, 0.25) is 5.02 Å². The summed E-state index contributed by atoms with van der Waals surface area (Å²) < 4.78 is 26.0. The van der Waals surface area contributed by atoms with Gasteiger partial charge in [-0.2, -0.15) is 0 Å². The van der Waals surface area contributed by atoms with Gasteiger partial charge in [0.15, 0.2) is 0 Å². The van der Waals surface area contributed by atoms with Crippen LogP contribution >= 0.6 is 11.6 Å². The molecule has 0 spiro atoms. The number of benzene rings is 2. The standard InChI is InChI=1S/C23H30ClN3O4S/c1-16(2)25-23(29)18(4)26(14-19-7-6-8-20(24)13-19)22(28)15-27(32(5,30)31)21-11-9-17(3)10-12-21/h6-13,16,18H,14-15H2,1-5H3,(H,25,29). The van der Waals surface area contributed by atoms with Crippen LogP contribution in [-0.2, 0) is 26.2 Å². The van der Waals surface area contributed by atoms with Gasteiger partial charge in [-0.05, 0) is 57.5 Å². The summed E-state index contributed by atoms with van der Waals surface area (Å²) in [6, 6.07) is 12.9. The van der Waals surface area contributed by atoms with Crippen LogP contribution in [0.5, 0.6) is 0 Å². The highest BCUT2D eigenvalue weighted by Gasteiger charge is 2.30. The maximum absolute atomic E-state index is 13.4. The van der Waals surface area contributed by atoms with E-state index in [0.717, 1.165) is 21.7 Å². The molecule has 2 rings (SSSR count). The van der Waals surface area contributed by atoms with Crippen molar-refractivity contribution in [2.45, 2.75) is 46.3 Å². The number of anilines is 1. The number of aryl methyl sites for hydroxylation is 1. The predicted octanol–water partition coefficient (Wildman–Crippen LogP) is 3.36. The van der Waals surface area contributed by atoms with Crippen LogP contribution in [0.4, 0.5) is 5.69 Å². The Morgan fingerprint density at radius 1 is 1.06 bits per heavy atom. The average Bonchev–Trinajstić information content (AvgIpc) is 2.69. The first-order valence-electron chi connectivity index (χ1n) is 10.3. The van der Waals surface area contributed by atoms with Gasteiger partial charge in [-0.15, -0.1) is 0 Å². The largest absolute Gasteiger partial charge is 0.352 e. The number of nitrogens with one attached hydrogen (secondary N) is 1. The van der Waals surface area contributed by atoms with E-state index in [-0.39, 0.29) is 18.5 Å². The molecule has 0 aliphatic heterocycles. The molecule has 0 heterocycles. The first-order chi connectivity index (χ1) is 14.9. The van der Waals surface area contributed by atoms with Crippen LogP contribution in [-0.4, -0.2) is 50.0 Å². The molecule has 1 N–H and O–H groups in total. The zero-order valence-electron chi connectivity index (χ0n) is 19.0. The molecule has 0 aliphatic rings. The van der Waals surface area contributed by atoms with Crippen molar-refractivity contribution in [1.82, 2.24) is 10.2 Å². The third-order valence-corrected chi connectivity index (χ3v) is 6.22. The smallest absolute Gasteiger partial charge is 0.244 e. The summed E-state index contributed by atoms with van der Waals surface area (Å²) >= 11 is 6.09. The lowest BCUT2D eigenvalue weighted by Crippen LogP contribution is -2.52. The van der Waals surface area contributed by atoms with Gasteiger partial charge in [0.25, 0.3) is 0 Å². The second-order valence-corrected chi connectivity index (χ2v) is 10.4. The van der Waals surface area contributed by atoms with E-state index in [1.807, 2.05) is 20.8 Å². The average molecular weight is 480 g/mol. The Kier molecular flexibility index (Phi) is 8.69. The minimum absolute atomic E-state index is 0.104. The lowest BCUT2D eigenvalue weighted by atomic mass is 10.1. The summed E-state index contributed by atoms with van der Waals surface area (Å²) in [6.07, 6.45) is 1.05. The van der Waals surface area contributed by atoms with Crippen molar-refractivity contribution in [3.8, 4) is 0 Å². The zero-order valence-corrected chi connectivity index (χ0v) is 20.6. The second-order valence-electron chi connectivity index (χ2n) is 8.10. The molecule has 2 amide bonds. The SMILES string of the molecule is Cc1ccc(N(CC(=O)N(Cc2cccc(Cl)c2)C(C)C(=O)NC(C)C)S(C)(=O)=O)cc1. The van der Waals surface area contributed by atoms with Crippen molar-refractivity contribution >= 4 is 39.1 Å². The van der Waals surface area contributed by atoms with E-state index in [1.165, 1.54) is 4.90 Å². The molecule has 0 aromatic heterocycles. The molecular weight excluding hydrogens is 450 g/mol. The Hall–Kier alpha value is -2.58. The minimum atomic E-state index is -3.74. The fourth-order valence-corrected chi connectivity index (χ4v) is 4.21.